The average molecular weight is 552 g/mol. The molecule has 0 radical (unpaired) electrons. The summed E-state index contributed by atoms with van der Waals surface area (Å²) in [7, 11) is 0. The van der Waals surface area contributed by atoms with E-state index in [1.54, 1.807) is 24.4 Å². The van der Waals surface area contributed by atoms with Gasteiger partial charge in [0.1, 0.15) is 17.5 Å². The number of rotatable bonds is 9. The number of benzene rings is 2. The Hall–Kier alpha value is -4.76. The van der Waals surface area contributed by atoms with Crippen molar-refractivity contribution in [3.63, 3.8) is 0 Å². The molecule has 1 atom stereocenters. The third-order valence-corrected chi connectivity index (χ3v) is 7.65. The van der Waals surface area contributed by atoms with Crippen LogP contribution in [0.5, 0.6) is 5.75 Å². The lowest BCUT2D eigenvalue weighted by Crippen LogP contribution is -2.45. The highest BCUT2D eigenvalue weighted by molar-refractivity contribution is 7.17. The molecule has 2 aromatic carbocycles. The van der Waals surface area contributed by atoms with Gasteiger partial charge in [-0.25, -0.2) is 4.68 Å². The normalized spacial score (nSPS) is 11.9. The van der Waals surface area contributed by atoms with Crippen molar-refractivity contribution in [1.82, 2.24) is 20.1 Å². The zero-order valence-corrected chi connectivity index (χ0v) is 22.9. The Labute approximate surface area is 236 Å². The van der Waals surface area contributed by atoms with Crippen LogP contribution in [0.4, 0.5) is 0 Å². The number of nitrogens with zero attached hydrogens (tertiary/aromatic N) is 3. The van der Waals surface area contributed by atoms with Crippen molar-refractivity contribution in [2.24, 2.45) is 5.73 Å². The fraction of sp³-hybridized carbons (Fsp3) is 0.161. The van der Waals surface area contributed by atoms with Gasteiger partial charge in [0, 0.05) is 12.6 Å². The highest BCUT2D eigenvalue weighted by Crippen LogP contribution is 2.33. The number of phenolic OH excluding ortho intramolecular Hbond substituents is 1. The molecule has 0 fully saturated rings. The van der Waals surface area contributed by atoms with Crippen molar-refractivity contribution in [2.45, 2.75) is 32.2 Å². The predicted octanol–water partition coefficient (Wildman–Crippen LogP) is 5.32. The quantitative estimate of drug-likeness (QED) is 0.229. The largest absolute Gasteiger partial charge is 0.508 e. The summed E-state index contributed by atoms with van der Waals surface area (Å²) in [4.78, 5) is 31.0. The third-order valence-electron chi connectivity index (χ3n) is 6.55. The van der Waals surface area contributed by atoms with Gasteiger partial charge in [0.2, 0.25) is 5.91 Å². The monoisotopic (exact) mass is 551 g/mol. The number of hydrogen-bond donors (Lipinski definition) is 3. The summed E-state index contributed by atoms with van der Waals surface area (Å²) in [6.45, 7) is 4.30. The second-order valence-corrected chi connectivity index (χ2v) is 10.8. The molecule has 3 aromatic heterocycles. The molecule has 0 saturated carbocycles. The molecule has 0 aliphatic heterocycles. The molecule has 202 valence electrons. The fourth-order valence-corrected chi connectivity index (χ4v) is 5.22. The molecule has 0 bridgehead atoms. The first-order valence-corrected chi connectivity index (χ1v) is 13.7. The smallest absolute Gasteiger partial charge is 0.262 e. The van der Waals surface area contributed by atoms with Gasteiger partial charge >= 0.3 is 0 Å². The number of phenols is 1. The summed E-state index contributed by atoms with van der Waals surface area (Å²) in [5, 5.41) is 17.1. The van der Waals surface area contributed by atoms with Crippen molar-refractivity contribution in [3.8, 4) is 33.4 Å². The van der Waals surface area contributed by atoms with Crippen LogP contribution in [-0.2, 0) is 11.2 Å². The van der Waals surface area contributed by atoms with E-state index in [-0.39, 0.29) is 12.2 Å². The first-order valence-electron chi connectivity index (χ1n) is 12.9. The molecule has 5 aromatic rings. The van der Waals surface area contributed by atoms with E-state index in [0.717, 1.165) is 27.5 Å². The zero-order valence-electron chi connectivity index (χ0n) is 22.1. The highest BCUT2D eigenvalue weighted by atomic mass is 32.1. The van der Waals surface area contributed by atoms with Crippen molar-refractivity contribution in [3.05, 3.63) is 107 Å². The lowest BCUT2D eigenvalue weighted by Gasteiger charge is -2.15. The predicted molar refractivity (Wildman–Crippen MR) is 156 cm³/mol. The number of amides is 2. The Morgan fingerprint density at radius 1 is 0.975 bits per heavy atom. The Morgan fingerprint density at radius 2 is 1.73 bits per heavy atom. The molecule has 40 heavy (non-hydrogen) atoms. The molecule has 0 saturated heterocycles. The van der Waals surface area contributed by atoms with Gasteiger partial charge in [-0.1, -0.05) is 44.2 Å². The summed E-state index contributed by atoms with van der Waals surface area (Å²) in [5.41, 5.74) is 10.8. The van der Waals surface area contributed by atoms with Crippen molar-refractivity contribution in [1.29, 1.82) is 0 Å². The van der Waals surface area contributed by atoms with Crippen LogP contribution in [0.25, 0.3) is 27.6 Å². The molecule has 9 heteroatoms. The Balaban J connectivity index is 1.44. The molecule has 0 unspecified atom stereocenters. The maximum absolute atomic E-state index is 13.2. The number of aromatic nitrogens is 3. The van der Waals surface area contributed by atoms with Gasteiger partial charge in [0.15, 0.2) is 0 Å². The molecule has 2 amide bonds. The average Bonchev–Trinajstić information content (AvgIpc) is 3.62. The molecule has 5 rings (SSSR count). The number of aromatic hydroxyl groups is 1. The molecule has 0 spiro atoms. The van der Waals surface area contributed by atoms with Crippen LogP contribution in [0, 0.1) is 0 Å². The Kier molecular flexibility index (Phi) is 7.75. The lowest BCUT2D eigenvalue weighted by atomic mass is 10.0. The molecular weight excluding hydrogens is 522 g/mol. The van der Waals surface area contributed by atoms with E-state index in [1.807, 2.05) is 47.1 Å². The first-order chi connectivity index (χ1) is 19.3. The summed E-state index contributed by atoms with van der Waals surface area (Å²) in [5.74, 6) is -0.500. The number of pyridine rings is 1. The molecule has 0 aliphatic carbocycles. The van der Waals surface area contributed by atoms with E-state index in [0.29, 0.717) is 16.5 Å². The fourth-order valence-electron chi connectivity index (χ4n) is 4.31. The van der Waals surface area contributed by atoms with Gasteiger partial charge in [-0.3, -0.25) is 14.6 Å². The van der Waals surface area contributed by atoms with Gasteiger partial charge in [-0.15, -0.1) is 11.3 Å². The third kappa shape index (κ3) is 5.94. The van der Waals surface area contributed by atoms with Crippen LogP contribution in [0.15, 0.2) is 91.1 Å². The summed E-state index contributed by atoms with van der Waals surface area (Å²) >= 11 is 1.30. The van der Waals surface area contributed by atoms with Gasteiger partial charge in [0.25, 0.3) is 5.91 Å². The molecule has 3 heterocycles. The number of hydrogen-bond acceptors (Lipinski definition) is 6. The minimum absolute atomic E-state index is 0.121. The second kappa shape index (κ2) is 11.5. The second-order valence-electron chi connectivity index (χ2n) is 9.75. The minimum Gasteiger partial charge on any atom is -0.508 e. The Bertz CT molecular complexity index is 1620. The number of primary amides is 1. The van der Waals surface area contributed by atoms with E-state index in [9.17, 15) is 14.7 Å². The zero-order chi connectivity index (χ0) is 28.2. The van der Waals surface area contributed by atoms with E-state index in [4.69, 9.17) is 10.8 Å². The van der Waals surface area contributed by atoms with Gasteiger partial charge in [0.05, 0.1) is 26.8 Å². The summed E-state index contributed by atoms with van der Waals surface area (Å²) < 4.78 is 1.86. The molecule has 4 N–H and O–H groups in total. The number of carbonyl (C=O) groups is 2. The SMILES string of the molecule is CC(C)c1ccc(-n2nc(-c3ccccn3)cc2-c2ccc(C(=O)N[C@@H](Cc3ccc(O)cc3)C(N)=O)s2)cc1. The van der Waals surface area contributed by atoms with Gasteiger partial charge < -0.3 is 16.2 Å². The van der Waals surface area contributed by atoms with E-state index >= 15 is 0 Å². The maximum atomic E-state index is 13.2. The van der Waals surface area contributed by atoms with Gasteiger partial charge in [-0.05, 0) is 71.6 Å². The van der Waals surface area contributed by atoms with Crippen LogP contribution in [-0.4, -0.2) is 37.7 Å². The van der Waals surface area contributed by atoms with Crippen molar-refractivity contribution < 1.29 is 14.7 Å². The number of thiophene rings is 1. The van der Waals surface area contributed by atoms with Crippen molar-refractivity contribution in [2.75, 3.05) is 0 Å². The standard InChI is InChI=1S/C31H29N5O3S/c1-19(2)21-8-10-22(11-9-21)36-27(18-25(35-36)24-5-3-4-16-33-24)28-14-15-29(40-28)31(39)34-26(30(32)38)17-20-6-12-23(37)13-7-20/h3-16,18-19,26,37H,17H2,1-2H3,(H2,32,38)(H,34,39)/t26-/m0/s1. The van der Waals surface area contributed by atoms with Crippen molar-refractivity contribution >= 4 is 23.2 Å². The van der Waals surface area contributed by atoms with Crippen LogP contribution in [0.2, 0.25) is 0 Å². The highest BCUT2D eigenvalue weighted by Gasteiger charge is 2.22. The number of carbonyl (C=O) groups excluding carboxylic acids is 2. The van der Waals surface area contributed by atoms with Gasteiger partial charge in [-0.2, -0.15) is 5.10 Å². The molecular formula is C31H29N5O3S. The lowest BCUT2D eigenvalue weighted by molar-refractivity contribution is -0.119. The van der Waals surface area contributed by atoms with Crippen LogP contribution in [0.3, 0.4) is 0 Å². The minimum atomic E-state index is -0.900. The summed E-state index contributed by atoms with van der Waals surface area (Å²) in [6.07, 6.45) is 1.94. The first kappa shape index (κ1) is 26.8. The van der Waals surface area contributed by atoms with E-state index in [2.05, 4.69) is 36.3 Å². The number of nitrogens with one attached hydrogen (secondary N) is 1. The van der Waals surface area contributed by atoms with E-state index < -0.39 is 17.9 Å². The topological polar surface area (TPSA) is 123 Å². The molecule has 8 nitrogen and oxygen atoms in total. The molecule has 0 aliphatic rings. The van der Waals surface area contributed by atoms with Crippen LogP contribution in [0.1, 0.15) is 40.6 Å². The van der Waals surface area contributed by atoms with Crippen LogP contribution < -0.4 is 11.1 Å². The maximum Gasteiger partial charge on any atom is 0.262 e. The van der Waals surface area contributed by atoms with E-state index in [1.165, 1.54) is 29.0 Å². The Morgan fingerprint density at radius 3 is 2.38 bits per heavy atom. The number of nitrogens with two attached hydrogens (primary N) is 1. The van der Waals surface area contributed by atoms with Crippen LogP contribution >= 0.6 is 11.3 Å². The summed E-state index contributed by atoms with van der Waals surface area (Å²) in [6, 6.07) is 25.0.